The monoisotopic (exact) mass is 1370 g/mol. The topological polar surface area (TPSA) is 237 Å². The van der Waals surface area contributed by atoms with Gasteiger partial charge in [0, 0.05) is 25.7 Å². The van der Waals surface area contributed by atoms with E-state index in [0.717, 1.165) is 114 Å². The molecule has 6 atom stereocenters. The number of carbonyl (C=O) groups is 4. The molecule has 3 unspecified atom stereocenters. The standard InChI is InChI=1S/C74H144O17P2/c1-9-67(8)53-45-37-28-20-18-16-14-12-10-11-13-15-17-19-21-29-38-46-54-71(76)84-60-69(90-73(78)56-48-40-30-24-22-26-34-42-50-64(2)3)62-88-92(80,81)86-58-68(75)59-87-93(82,83)89-63-70(61-85-72(77)55-47-39-33-32-36-44-52-66(6)7)91-74(79)57-49-41-31-25-23-27-35-43-51-65(4)5/h64-70,75H,9-63H2,1-8H3,(H,80,81)(H,82,83)/t67?,68-,69-,70-/m1/s1. The molecule has 17 nitrogen and oxygen atoms in total. The fourth-order valence-electron chi connectivity index (χ4n) is 11.2. The lowest BCUT2D eigenvalue weighted by Crippen LogP contribution is -2.30. The van der Waals surface area contributed by atoms with Crippen molar-refractivity contribution in [1.82, 2.24) is 0 Å². The minimum Gasteiger partial charge on any atom is -0.462 e. The number of hydrogen-bond donors (Lipinski definition) is 3. The molecule has 0 radical (unpaired) electrons. The minimum absolute atomic E-state index is 0.103. The Morgan fingerprint density at radius 3 is 0.763 bits per heavy atom. The van der Waals surface area contributed by atoms with E-state index < -0.39 is 97.5 Å². The van der Waals surface area contributed by atoms with Crippen LogP contribution in [-0.4, -0.2) is 96.7 Å². The van der Waals surface area contributed by atoms with Gasteiger partial charge in [-0.3, -0.25) is 37.3 Å². The third-order valence-corrected chi connectivity index (χ3v) is 19.3. The van der Waals surface area contributed by atoms with Crippen LogP contribution in [-0.2, 0) is 65.4 Å². The first-order chi connectivity index (χ1) is 44.6. The van der Waals surface area contributed by atoms with Crippen molar-refractivity contribution in [3.05, 3.63) is 0 Å². The lowest BCUT2D eigenvalue weighted by molar-refractivity contribution is -0.161. The van der Waals surface area contributed by atoms with Crippen molar-refractivity contribution in [2.24, 2.45) is 23.7 Å². The summed E-state index contributed by atoms with van der Waals surface area (Å²) in [5.41, 5.74) is 0. The number of carbonyl (C=O) groups excluding carboxylic acids is 4. The SMILES string of the molecule is CCC(C)CCCCCCCCCCCCCCCCCCCCC(=O)OC[C@H](COP(=O)(O)OC[C@@H](O)COP(=O)(O)OC[C@@H](COC(=O)CCCCCCCCC(C)C)OC(=O)CCCCCCCCCCC(C)C)OC(=O)CCCCCCCCCCC(C)C. The normalized spacial score (nSPS) is 14.5. The molecule has 0 saturated heterocycles. The van der Waals surface area contributed by atoms with Crippen LogP contribution in [0.15, 0.2) is 0 Å². The average molecular weight is 1370 g/mol. The Balaban J connectivity index is 5.12. The van der Waals surface area contributed by atoms with Crippen LogP contribution >= 0.6 is 15.6 Å². The van der Waals surface area contributed by atoms with E-state index in [2.05, 4.69) is 55.4 Å². The quantitative estimate of drug-likeness (QED) is 0.0222. The van der Waals surface area contributed by atoms with Crippen LogP contribution in [0.25, 0.3) is 0 Å². The van der Waals surface area contributed by atoms with Crippen molar-refractivity contribution in [2.75, 3.05) is 39.6 Å². The summed E-state index contributed by atoms with van der Waals surface area (Å²) in [6.45, 7) is 14.1. The lowest BCUT2D eigenvalue weighted by Gasteiger charge is -2.21. The Morgan fingerprint density at radius 2 is 0.516 bits per heavy atom. The molecule has 0 aliphatic rings. The van der Waals surface area contributed by atoms with E-state index in [1.54, 1.807) is 0 Å². The maximum Gasteiger partial charge on any atom is 0.472 e. The predicted molar refractivity (Wildman–Crippen MR) is 377 cm³/mol. The number of hydrogen-bond acceptors (Lipinski definition) is 15. The molecule has 3 N–H and O–H groups in total. The highest BCUT2D eigenvalue weighted by Gasteiger charge is 2.30. The number of phosphoric acid groups is 2. The molecule has 0 bridgehead atoms. The summed E-state index contributed by atoms with van der Waals surface area (Å²) >= 11 is 0. The molecule has 0 heterocycles. The van der Waals surface area contributed by atoms with E-state index in [-0.39, 0.29) is 25.7 Å². The minimum atomic E-state index is -4.95. The number of esters is 4. The Hall–Kier alpha value is -1.94. The molecule has 0 aromatic carbocycles. The lowest BCUT2D eigenvalue weighted by atomic mass is 9.99. The van der Waals surface area contributed by atoms with Crippen LogP contribution in [0.3, 0.4) is 0 Å². The number of ether oxygens (including phenoxy) is 4. The highest BCUT2D eigenvalue weighted by molar-refractivity contribution is 7.47. The van der Waals surface area contributed by atoms with Crippen molar-refractivity contribution in [2.45, 2.75) is 388 Å². The summed E-state index contributed by atoms with van der Waals surface area (Å²) in [6, 6.07) is 0. The second kappa shape index (κ2) is 63.5. The van der Waals surface area contributed by atoms with Gasteiger partial charge in [0.2, 0.25) is 0 Å². The zero-order chi connectivity index (χ0) is 68.9. The Labute approximate surface area is 568 Å². The molecule has 552 valence electrons. The molecule has 0 aromatic rings. The van der Waals surface area contributed by atoms with Crippen LogP contribution in [0.1, 0.15) is 370 Å². The van der Waals surface area contributed by atoms with Gasteiger partial charge in [0.15, 0.2) is 12.2 Å². The largest absolute Gasteiger partial charge is 0.472 e. The molecule has 0 rings (SSSR count). The van der Waals surface area contributed by atoms with Crippen LogP contribution in [0.2, 0.25) is 0 Å². The predicted octanol–water partition coefficient (Wildman–Crippen LogP) is 21.3. The van der Waals surface area contributed by atoms with Gasteiger partial charge < -0.3 is 33.8 Å². The van der Waals surface area contributed by atoms with Crippen molar-refractivity contribution >= 4 is 39.5 Å². The van der Waals surface area contributed by atoms with Gasteiger partial charge in [-0.2, -0.15) is 0 Å². The van der Waals surface area contributed by atoms with Crippen LogP contribution < -0.4 is 0 Å². The molecule has 0 aliphatic carbocycles. The van der Waals surface area contributed by atoms with Crippen LogP contribution in [0.4, 0.5) is 0 Å². The molecule has 19 heteroatoms. The zero-order valence-electron chi connectivity index (χ0n) is 60.9. The first kappa shape index (κ1) is 91.1. The summed E-state index contributed by atoms with van der Waals surface area (Å²) < 4.78 is 68.3. The Kier molecular flexibility index (Phi) is 62.2. The average Bonchev–Trinajstić information content (AvgIpc) is 2.69. The van der Waals surface area contributed by atoms with Crippen LogP contribution in [0, 0.1) is 23.7 Å². The van der Waals surface area contributed by atoms with E-state index in [4.69, 9.17) is 37.0 Å². The third-order valence-electron chi connectivity index (χ3n) is 17.4. The molecule has 0 amide bonds. The van der Waals surface area contributed by atoms with Crippen molar-refractivity contribution in [1.29, 1.82) is 0 Å². The molecule has 0 aliphatic heterocycles. The highest BCUT2D eigenvalue weighted by Crippen LogP contribution is 2.45. The third kappa shape index (κ3) is 67.0. The van der Waals surface area contributed by atoms with Gasteiger partial charge in [0.05, 0.1) is 26.4 Å². The maximum absolute atomic E-state index is 13.0. The van der Waals surface area contributed by atoms with E-state index in [1.807, 2.05) is 0 Å². The molecule has 93 heavy (non-hydrogen) atoms. The molecule has 0 saturated carbocycles. The Bertz CT molecular complexity index is 1840. The highest BCUT2D eigenvalue weighted by atomic mass is 31.2. The number of rotatable bonds is 71. The number of unbranched alkanes of at least 4 members (excludes halogenated alkanes) is 36. The second-order valence-corrected chi connectivity index (χ2v) is 31.3. The summed E-state index contributed by atoms with van der Waals surface area (Å²) in [5, 5.41) is 10.6. The fraction of sp³-hybridized carbons (Fsp3) is 0.946. The zero-order valence-corrected chi connectivity index (χ0v) is 62.7. The summed E-state index contributed by atoms with van der Waals surface area (Å²) in [6.07, 6.45) is 47.6. The summed E-state index contributed by atoms with van der Waals surface area (Å²) in [4.78, 5) is 72.6. The van der Waals surface area contributed by atoms with Gasteiger partial charge in [0.25, 0.3) is 0 Å². The van der Waals surface area contributed by atoms with E-state index in [9.17, 15) is 43.2 Å². The summed E-state index contributed by atoms with van der Waals surface area (Å²) in [7, 11) is -9.90. The van der Waals surface area contributed by atoms with E-state index >= 15 is 0 Å². The fourth-order valence-corrected chi connectivity index (χ4v) is 12.7. The van der Waals surface area contributed by atoms with Crippen molar-refractivity contribution in [3.8, 4) is 0 Å². The number of aliphatic hydroxyl groups excluding tert-OH is 1. The van der Waals surface area contributed by atoms with Gasteiger partial charge in [0.1, 0.15) is 19.3 Å². The van der Waals surface area contributed by atoms with Gasteiger partial charge in [-0.15, -0.1) is 0 Å². The molecule has 0 aromatic heterocycles. The first-order valence-electron chi connectivity index (χ1n) is 38.2. The first-order valence-corrected chi connectivity index (χ1v) is 41.2. The van der Waals surface area contributed by atoms with Crippen LogP contribution in [0.5, 0.6) is 0 Å². The van der Waals surface area contributed by atoms with Crippen molar-refractivity contribution < 1.29 is 80.2 Å². The van der Waals surface area contributed by atoms with Gasteiger partial charge in [-0.1, -0.05) is 319 Å². The maximum atomic E-state index is 13.0. The molecule has 0 spiro atoms. The van der Waals surface area contributed by atoms with Gasteiger partial charge >= 0.3 is 39.5 Å². The smallest absolute Gasteiger partial charge is 0.462 e. The van der Waals surface area contributed by atoms with Gasteiger partial charge in [-0.25, -0.2) is 9.13 Å². The summed E-state index contributed by atoms with van der Waals surface area (Å²) in [5.74, 6) is 0.859. The number of phosphoric ester groups is 2. The molecular weight excluding hydrogens is 1220 g/mol. The number of aliphatic hydroxyl groups is 1. The molecule has 0 fully saturated rings. The van der Waals surface area contributed by atoms with Crippen molar-refractivity contribution in [3.63, 3.8) is 0 Å². The van der Waals surface area contributed by atoms with E-state index in [0.29, 0.717) is 31.6 Å². The molecular formula is C74H144O17P2. The second-order valence-electron chi connectivity index (χ2n) is 28.4. The Morgan fingerprint density at radius 1 is 0.301 bits per heavy atom. The van der Waals surface area contributed by atoms with E-state index in [1.165, 1.54) is 167 Å². The van der Waals surface area contributed by atoms with Gasteiger partial charge in [-0.05, 0) is 49.4 Å².